The van der Waals surface area contributed by atoms with Crippen molar-refractivity contribution in [3.05, 3.63) is 65.5 Å². The number of rotatable bonds is 5. The number of amides is 2. The number of benzene rings is 2. The van der Waals surface area contributed by atoms with Gasteiger partial charge in [-0.3, -0.25) is 0 Å². The minimum atomic E-state index is -5.02. The predicted molar refractivity (Wildman–Crippen MR) is 120 cm³/mol. The molecule has 0 bridgehead atoms. The van der Waals surface area contributed by atoms with Gasteiger partial charge in [-0.1, -0.05) is 0 Å². The smallest absolute Gasteiger partial charge is 0.363 e. The van der Waals surface area contributed by atoms with E-state index in [-0.39, 0.29) is 11.8 Å². The molecule has 13 heteroatoms. The highest BCUT2D eigenvalue weighted by Crippen LogP contribution is 2.37. The Balaban J connectivity index is 1.70. The molecular weight excluding hydrogens is 478 g/mol. The summed E-state index contributed by atoms with van der Waals surface area (Å²) >= 11 is 0. The topological polar surface area (TPSA) is 82.2 Å². The third-order valence-corrected chi connectivity index (χ3v) is 4.54. The van der Waals surface area contributed by atoms with E-state index < -0.39 is 35.2 Å². The van der Waals surface area contributed by atoms with E-state index in [4.69, 9.17) is 0 Å². The van der Waals surface area contributed by atoms with Gasteiger partial charge in [0.05, 0.1) is 11.1 Å². The number of nitrogens with one attached hydrogen (secondary N) is 3. The molecule has 0 aliphatic carbocycles. The summed E-state index contributed by atoms with van der Waals surface area (Å²) in [6, 6.07) is 7.75. The Hall–Kier alpha value is -4.03. The van der Waals surface area contributed by atoms with Crippen LogP contribution in [0.15, 0.2) is 48.5 Å². The number of urea groups is 1. The van der Waals surface area contributed by atoms with Crippen LogP contribution >= 0.6 is 0 Å². The molecule has 2 aromatic carbocycles. The van der Waals surface area contributed by atoms with Crippen molar-refractivity contribution in [3.63, 3.8) is 0 Å². The van der Waals surface area contributed by atoms with Crippen molar-refractivity contribution >= 4 is 34.7 Å². The van der Waals surface area contributed by atoms with Gasteiger partial charge >= 0.3 is 18.4 Å². The number of halogens is 6. The van der Waals surface area contributed by atoms with E-state index in [1.54, 1.807) is 25.1 Å². The molecule has 0 aliphatic heterocycles. The van der Waals surface area contributed by atoms with Crippen molar-refractivity contribution in [2.75, 3.05) is 34.9 Å². The van der Waals surface area contributed by atoms with Gasteiger partial charge < -0.3 is 20.9 Å². The molecule has 0 saturated carbocycles. The molecule has 0 unspecified atom stereocenters. The molecule has 0 saturated heterocycles. The van der Waals surface area contributed by atoms with E-state index in [9.17, 15) is 31.1 Å². The average Bonchev–Trinajstić information content (AvgIpc) is 2.73. The molecule has 3 aromatic rings. The number of anilines is 5. The van der Waals surface area contributed by atoms with Gasteiger partial charge in [-0.2, -0.15) is 26.3 Å². The first-order chi connectivity index (χ1) is 16.2. The van der Waals surface area contributed by atoms with Crippen LogP contribution in [0.1, 0.15) is 17.0 Å². The number of alkyl halides is 6. The van der Waals surface area contributed by atoms with Crippen molar-refractivity contribution in [3.8, 4) is 0 Å². The fourth-order valence-electron chi connectivity index (χ4n) is 2.95. The molecule has 0 radical (unpaired) electrons. The second-order valence-electron chi connectivity index (χ2n) is 7.63. The lowest BCUT2D eigenvalue weighted by Crippen LogP contribution is -2.20. The maximum Gasteiger partial charge on any atom is 0.416 e. The van der Waals surface area contributed by atoms with Gasteiger partial charge in [-0.25, -0.2) is 14.8 Å². The van der Waals surface area contributed by atoms with Crippen molar-refractivity contribution < 1.29 is 31.1 Å². The number of hydrogen-bond donors (Lipinski definition) is 3. The summed E-state index contributed by atoms with van der Waals surface area (Å²) in [5.74, 6) is 1.78. The molecule has 0 fully saturated rings. The fourth-order valence-corrected chi connectivity index (χ4v) is 2.95. The summed E-state index contributed by atoms with van der Waals surface area (Å²) < 4.78 is 77.9. The lowest BCUT2D eigenvalue weighted by Gasteiger charge is -2.15. The minimum absolute atomic E-state index is 0.0184. The Morgan fingerprint density at radius 2 is 1.29 bits per heavy atom. The molecule has 0 atom stereocenters. The van der Waals surface area contributed by atoms with Gasteiger partial charge in [0.1, 0.15) is 17.5 Å². The maximum absolute atomic E-state index is 13.0. The zero-order valence-corrected chi connectivity index (χ0v) is 18.6. The third kappa shape index (κ3) is 6.98. The molecule has 186 valence electrons. The first-order valence-corrected chi connectivity index (χ1v) is 9.98. The van der Waals surface area contributed by atoms with E-state index in [2.05, 4.69) is 20.6 Å². The van der Waals surface area contributed by atoms with E-state index in [1.165, 1.54) is 12.1 Å². The van der Waals surface area contributed by atoms with Gasteiger partial charge in [0.2, 0.25) is 0 Å². The van der Waals surface area contributed by atoms with Crippen LogP contribution in [0, 0.1) is 6.92 Å². The first kappa shape index (κ1) is 25.6. The molecule has 0 spiro atoms. The van der Waals surface area contributed by atoms with Crippen molar-refractivity contribution in [1.29, 1.82) is 0 Å². The van der Waals surface area contributed by atoms with Gasteiger partial charge in [0.15, 0.2) is 0 Å². The van der Waals surface area contributed by atoms with Gasteiger partial charge in [0, 0.05) is 37.2 Å². The van der Waals surface area contributed by atoms with Crippen molar-refractivity contribution in [2.45, 2.75) is 19.3 Å². The zero-order valence-electron chi connectivity index (χ0n) is 18.6. The van der Waals surface area contributed by atoms with E-state index in [0.717, 1.165) is 0 Å². The van der Waals surface area contributed by atoms with Crippen LogP contribution in [0.25, 0.3) is 0 Å². The molecule has 1 heterocycles. The molecular formula is C22H20F6N6O. The van der Waals surface area contributed by atoms with Gasteiger partial charge in [0.25, 0.3) is 0 Å². The largest absolute Gasteiger partial charge is 0.416 e. The Morgan fingerprint density at radius 1 is 0.771 bits per heavy atom. The number of hydrogen-bond acceptors (Lipinski definition) is 5. The lowest BCUT2D eigenvalue weighted by molar-refractivity contribution is -0.143. The number of carbonyl (C=O) groups excluding carboxylic acids is 1. The van der Waals surface area contributed by atoms with Gasteiger partial charge in [-0.15, -0.1) is 0 Å². The number of carbonyl (C=O) groups is 1. The Morgan fingerprint density at radius 3 is 1.80 bits per heavy atom. The number of aryl methyl sites for hydroxylation is 1. The number of nitrogens with zero attached hydrogens (tertiary/aromatic N) is 3. The van der Waals surface area contributed by atoms with Crippen LogP contribution in [0.4, 0.5) is 59.8 Å². The highest BCUT2D eigenvalue weighted by Gasteiger charge is 2.37. The SMILES string of the molecule is Cc1nc(Nc2ccc(NC(=O)Nc3cc(C(F)(F)F)cc(C(F)(F)F)c3)cc2)cc(N(C)C)n1. The molecule has 3 N–H and O–H groups in total. The Labute approximate surface area is 196 Å². The summed E-state index contributed by atoms with van der Waals surface area (Å²) in [4.78, 5) is 22.6. The molecule has 3 rings (SSSR count). The van der Waals surface area contributed by atoms with E-state index >= 15 is 0 Å². The maximum atomic E-state index is 13.0. The molecule has 35 heavy (non-hydrogen) atoms. The Kier molecular flexibility index (Phi) is 7.08. The van der Waals surface area contributed by atoms with Crippen LogP contribution in [0.5, 0.6) is 0 Å². The van der Waals surface area contributed by atoms with Crippen molar-refractivity contribution in [1.82, 2.24) is 9.97 Å². The first-order valence-electron chi connectivity index (χ1n) is 9.98. The van der Waals surface area contributed by atoms with Crippen LogP contribution in [-0.2, 0) is 12.4 Å². The van der Waals surface area contributed by atoms with E-state index in [1.807, 2.05) is 24.3 Å². The predicted octanol–water partition coefficient (Wildman–Crippen LogP) is 6.28. The normalized spacial score (nSPS) is 11.7. The average molecular weight is 498 g/mol. The second kappa shape index (κ2) is 9.68. The molecule has 2 amide bonds. The fraction of sp³-hybridized carbons (Fsp3) is 0.227. The summed E-state index contributed by atoms with van der Waals surface area (Å²) in [5, 5.41) is 7.45. The van der Waals surface area contributed by atoms with Crippen LogP contribution in [-0.4, -0.2) is 30.1 Å². The molecule has 1 aromatic heterocycles. The third-order valence-electron chi connectivity index (χ3n) is 4.54. The highest BCUT2D eigenvalue weighted by atomic mass is 19.4. The van der Waals surface area contributed by atoms with Gasteiger partial charge in [-0.05, 0) is 49.4 Å². The quantitative estimate of drug-likeness (QED) is 0.361. The lowest BCUT2D eigenvalue weighted by atomic mass is 10.1. The summed E-state index contributed by atoms with van der Waals surface area (Å²) in [6.07, 6.45) is -10.0. The van der Waals surface area contributed by atoms with Crippen molar-refractivity contribution in [2.24, 2.45) is 0 Å². The Bertz CT molecular complexity index is 1180. The molecule has 7 nitrogen and oxygen atoms in total. The second-order valence-corrected chi connectivity index (χ2v) is 7.63. The minimum Gasteiger partial charge on any atom is -0.363 e. The monoisotopic (exact) mass is 498 g/mol. The van der Waals surface area contributed by atoms with Crippen LogP contribution < -0.4 is 20.9 Å². The standard InChI is InChI=1S/C22H20F6N6O/c1-12-29-18(11-19(30-12)34(2)3)31-15-4-6-16(7-5-15)32-20(35)33-17-9-13(21(23,24)25)8-14(10-17)22(26,27)28/h4-11H,1-3H3,(H,29,30,31)(H2,32,33,35). The van der Waals surface area contributed by atoms with E-state index in [0.29, 0.717) is 35.3 Å². The summed E-state index contributed by atoms with van der Waals surface area (Å²) in [7, 11) is 3.67. The number of aromatic nitrogens is 2. The highest BCUT2D eigenvalue weighted by molar-refractivity contribution is 6.00. The van der Waals surface area contributed by atoms with Crippen LogP contribution in [0.3, 0.4) is 0 Å². The summed E-state index contributed by atoms with van der Waals surface area (Å²) in [6.45, 7) is 1.74. The van der Waals surface area contributed by atoms with Crippen LogP contribution in [0.2, 0.25) is 0 Å². The summed E-state index contributed by atoms with van der Waals surface area (Å²) in [5.41, 5.74) is -2.85. The zero-order chi connectivity index (χ0) is 26.0. The molecule has 0 aliphatic rings.